The topological polar surface area (TPSA) is 58.3 Å². The number of oxazole rings is 1. The Morgan fingerprint density at radius 2 is 1.84 bits per heavy atom. The summed E-state index contributed by atoms with van der Waals surface area (Å²) >= 11 is 0. The maximum Gasteiger partial charge on any atom is 0.191 e. The van der Waals surface area contributed by atoms with E-state index in [9.17, 15) is 0 Å². The van der Waals surface area contributed by atoms with Gasteiger partial charge in [0.2, 0.25) is 0 Å². The second kappa shape index (κ2) is 7.12. The molecule has 6 heteroatoms. The van der Waals surface area contributed by atoms with Crippen LogP contribution in [-0.2, 0) is 6.42 Å². The van der Waals surface area contributed by atoms with E-state index in [0.29, 0.717) is 12.1 Å². The fourth-order valence-corrected chi connectivity index (χ4v) is 3.82. The number of anilines is 1. The van der Waals surface area contributed by atoms with Crippen molar-refractivity contribution < 1.29 is 4.42 Å². The first-order chi connectivity index (χ1) is 12.2. The Bertz CT molecular complexity index is 703. The highest BCUT2D eigenvalue weighted by molar-refractivity contribution is 5.43. The smallest absolute Gasteiger partial charge is 0.191 e. The van der Waals surface area contributed by atoms with Crippen LogP contribution < -0.4 is 4.90 Å². The number of hydrogen-bond donors (Lipinski definition) is 0. The lowest BCUT2D eigenvalue weighted by Gasteiger charge is -2.39. The number of piperidine rings is 1. The molecule has 0 radical (unpaired) electrons. The third kappa shape index (κ3) is 4.00. The molecule has 0 amide bonds. The molecule has 0 bridgehead atoms. The van der Waals surface area contributed by atoms with Crippen LogP contribution in [0.2, 0.25) is 0 Å². The molecule has 2 aromatic rings. The summed E-state index contributed by atoms with van der Waals surface area (Å²) in [5.41, 5.74) is 1.05. The highest BCUT2D eigenvalue weighted by Crippen LogP contribution is 2.35. The van der Waals surface area contributed by atoms with Crippen LogP contribution in [0.4, 0.5) is 5.82 Å². The maximum atomic E-state index is 5.58. The van der Waals surface area contributed by atoms with Gasteiger partial charge in [-0.1, -0.05) is 0 Å². The van der Waals surface area contributed by atoms with Gasteiger partial charge in [-0.25, -0.2) is 15.0 Å². The number of aryl methyl sites for hydroxylation is 2. The number of likely N-dealkylation sites (tertiary alicyclic amines) is 1. The highest BCUT2D eigenvalue weighted by Gasteiger charge is 2.36. The molecule has 4 rings (SSSR count). The van der Waals surface area contributed by atoms with Crippen LogP contribution in [0.5, 0.6) is 0 Å². The molecule has 0 atom stereocenters. The first-order valence-corrected chi connectivity index (χ1v) is 9.39. The molecular weight excluding hydrogens is 314 g/mol. The van der Waals surface area contributed by atoms with Crippen molar-refractivity contribution in [2.75, 3.05) is 24.5 Å². The summed E-state index contributed by atoms with van der Waals surface area (Å²) in [5.74, 6) is 2.87. The van der Waals surface area contributed by atoms with Gasteiger partial charge >= 0.3 is 0 Å². The fraction of sp³-hybridized carbons (Fsp3) is 0.632. The Balaban J connectivity index is 1.33. The Morgan fingerprint density at radius 1 is 1.08 bits per heavy atom. The molecular formula is C19H27N5O. The van der Waals surface area contributed by atoms with Crippen LogP contribution in [0, 0.1) is 13.8 Å². The summed E-state index contributed by atoms with van der Waals surface area (Å²) in [7, 11) is 0. The summed E-state index contributed by atoms with van der Waals surface area (Å²) in [6.45, 7) is 7.29. The molecule has 3 heterocycles. The van der Waals surface area contributed by atoms with Crippen LogP contribution in [0.1, 0.15) is 43.0 Å². The molecule has 1 saturated heterocycles. The number of rotatable bonds is 6. The third-order valence-corrected chi connectivity index (χ3v) is 5.29. The molecule has 0 unspecified atom stereocenters. The zero-order valence-corrected chi connectivity index (χ0v) is 15.2. The third-order valence-electron chi connectivity index (χ3n) is 5.29. The fourth-order valence-electron chi connectivity index (χ4n) is 3.82. The summed E-state index contributed by atoms with van der Waals surface area (Å²) < 4.78 is 5.58. The first kappa shape index (κ1) is 16.5. The summed E-state index contributed by atoms with van der Waals surface area (Å²) in [4.78, 5) is 18.1. The molecule has 0 aromatic carbocycles. The molecule has 6 nitrogen and oxygen atoms in total. The van der Waals surface area contributed by atoms with Crippen molar-refractivity contribution in [3.05, 3.63) is 35.9 Å². The predicted molar refractivity (Wildman–Crippen MR) is 96.7 cm³/mol. The molecule has 2 aliphatic rings. The minimum atomic E-state index is 0.602. The minimum Gasteiger partial charge on any atom is -0.446 e. The van der Waals surface area contributed by atoms with Crippen molar-refractivity contribution in [1.29, 1.82) is 0 Å². The van der Waals surface area contributed by atoms with E-state index in [2.05, 4.69) is 30.8 Å². The quantitative estimate of drug-likeness (QED) is 0.805. The molecule has 2 aromatic heterocycles. The Labute approximate surface area is 149 Å². The van der Waals surface area contributed by atoms with Gasteiger partial charge in [0.15, 0.2) is 5.89 Å². The molecule has 1 aliphatic carbocycles. The lowest BCUT2D eigenvalue weighted by Crippen LogP contribution is -2.46. The van der Waals surface area contributed by atoms with Gasteiger partial charge in [0.25, 0.3) is 0 Å². The van der Waals surface area contributed by atoms with Gasteiger partial charge < -0.3 is 14.2 Å². The normalized spacial score (nSPS) is 19.3. The minimum absolute atomic E-state index is 0.602. The van der Waals surface area contributed by atoms with E-state index in [0.717, 1.165) is 49.2 Å². The number of aromatic nitrogens is 3. The summed E-state index contributed by atoms with van der Waals surface area (Å²) in [6, 6.07) is 3.42. The summed E-state index contributed by atoms with van der Waals surface area (Å²) in [5, 5.41) is 0. The van der Waals surface area contributed by atoms with Crippen molar-refractivity contribution in [1.82, 2.24) is 19.9 Å². The van der Waals surface area contributed by atoms with E-state index in [4.69, 9.17) is 4.42 Å². The predicted octanol–water partition coefficient (Wildman–Crippen LogP) is 2.76. The van der Waals surface area contributed by atoms with Gasteiger partial charge in [-0.2, -0.15) is 0 Å². The van der Waals surface area contributed by atoms with E-state index in [1.807, 2.05) is 20.0 Å². The zero-order chi connectivity index (χ0) is 17.2. The van der Waals surface area contributed by atoms with Gasteiger partial charge in [-0.05, 0) is 32.6 Å². The standard InChI is InChI=1S/C19H27N5O/c1-14-11-19(22-13-21-14)24(16-3-4-16)17-5-8-23(9-6-17)10-7-18-12-20-15(2)25-18/h11-13,16-17H,3-10H2,1-2H3. The zero-order valence-electron chi connectivity index (χ0n) is 15.2. The lowest BCUT2D eigenvalue weighted by molar-refractivity contribution is 0.206. The molecule has 0 spiro atoms. The van der Waals surface area contributed by atoms with Crippen LogP contribution in [-0.4, -0.2) is 51.6 Å². The van der Waals surface area contributed by atoms with Gasteiger partial charge in [0, 0.05) is 56.8 Å². The molecule has 0 N–H and O–H groups in total. The SMILES string of the molecule is Cc1cc(N(C2CC2)C2CCN(CCc3cnc(C)o3)CC2)ncn1. The Morgan fingerprint density at radius 3 is 2.48 bits per heavy atom. The van der Waals surface area contributed by atoms with Crippen LogP contribution in [0.3, 0.4) is 0 Å². The largest absolute Gasteiger partial charge is 0.446 e. The number of nitrogens with zero attached hydrogens (tertiary/aromatic N) is 5. The van der Waals surface area contributed by atoms with Gasteiger partial charge in [-0.15, -0.1) is 0 Å². The average Bonchev–Trinajstić information content (AvgIpc) is 3.35. The van der Waals surface area contributed by atoms with Crippen molar-refractivity contribution in [2.24, 2.45) is 0 Å². The van der Waals surface area contributed by atoms with Crippen molar-refractivity contribution >= 4 is 5.82 Å². The van der Waals surface area contributed by atoms with E-state index < -0.39 is 0 Å². The Hall–Kier alpha value is -1.95. The average molecular weight is 341 g/mol. The van der Waals surface area contributed by atoms with E-state index >= 15 is 0 Å². The van der Waals surface area contributed by atoms with Crippen molar-refractivity contribution in [3.8, 4) is 0 Å². The highest BCUT2D eigenvalue weighted by atomic mass is 16.3. The van der Waals surface area contributed by atoms with Gasteiger partial charge in [0.05, 0.1) is 6.20 Å². The molecule has 2 fully saturated rings. The second-order valence-electron chi connectivity index (χ2n) is 7.32. The van der Waals surface area contributed by atoms with E-state index in [1.165, 1.54) is 25.7 Å². The molecule has 1 saturated carbocycles. The monoisotopic (exact) mass is 341 g/mol. The van der Waals surface area contributed by atoms with Crippen LogP contribution >= 0.6 is 0 Å². The Kier molecular flexibility index (Phi) is 4.70. The van der Waals surface area contributed by atoms with Gasteiger partial charge in [-0.3, -0.25) is 0 Å². The van der Waals surface area contributed by atoms with E-state index in [-0.39, 0.29) is 0 Å². The molecule has 134 valence electrons. The second-order valence-corrected chi connectivity index (χ2v) is 7.32. The maximum absolute atomic E-state index is 5.58. The van der Waals surface area contributed by atoms with Gasteiger partial charge in [0.1, 0.15) is 17.9 Å². The summed E-state index contributed by atoms with van der Waals surface area (Å²) in [6.07, 6.45) is 9.51. The molecule has 1 aliphatic heterocycles. The van der Waals surface area contributed by atoms with Crippen LogP contribution in [0.25, 0.3) is 0 Å². The lowest BCUT2D eigenvalue weighted by atomic mass is 10.0. The van der Waals surface area contributed by atoms with Crippen LogP contribution in [0.15, 0.2) is 23.0 Å². The van der Waals surface area contributed by atoms with E-state index in [1.54, 1.807) is 6.33 Å². The number of hydrogen-bond acceptors (Lipinski definition) is 6. The first-order valence-electron chi connectivity index (χ1n) is 9.39. The molecule has 25 heavy (non-hydrogen) atoms. The van der Waals surface area contributed by atoms with Crippen molar-refractivity contribution in [3.63, 3.8) is 0 Å². The van der Waals surface area contributed by atoms with Crippen molar-refractivity contribution in [2.45, 2.75) is 58.0 Å².